The summed E-state index contributed by atoms with van der Waals surface area (Å²) in [5, 5.41) is 7.18. The van der Waals surface area contributed by atoms with Crippen molar-refractivity contribution >= 4 is 34.2 Å². The zero-order valence-corrected chi connectivity index (χ0v) is 14.5. The number of nitrogens with zero attached hydrogens (tertiary/aromatic N) is 3. The molecule has 0 saturated carbocycles. The Labute approximate surface area is 149 Å². The van der Waals surface area contributed by atoms with E-state index in [4.69, 9.17) is 0 Å². The zero-order valence-electron chi connectivity index (χ0n) is 13.7. The van der Waals surface area contributed by atoms with E-state index in [0.717, 1.165) is 6.67 Å². The van der Waals surface area contributed by atoms with Gasteiger partial charge in [-0.05, 0) is 67.9 Å². The van der Waals surface area contributed by atoms with Crippen molar-refractivity contribution in [2.75, 3.05) is 13.7 Å². The van der Waals surface area contributed by atoms with Gasteiger partial charge >= 0.3 is 0 Å². The predicted molar refractivity (Wildman–Crippen MR) is 104 cm³/mol. The second-order valence-electron chi connectivity index (χ2n) is 6.97. The van der Waals surface area contributed by atoms with Crippen LogP contribution in [-0.4, -0.2) is 30.7 Å². The minimum Gasteiger partial charge on any atom is -0.358 e. The van der Waals surface area contributed by atoms with E-state index in [9.17, 15) is 0 Å². The molecule has 1 aromatic heterocycles. The number of rotatable bonds is 0. The highest BCUT2D eigenvalue weighted by Gasteiger charge is 2.45. The van der Waals surface area contributed by atoms with Crippen LogP contribution < -0.4 is 0 Å². The lowest BCUT2D eigenvalue weighted by atomic mass is 9.62. The lowest BCUT2D eigenvalue weighted by Crippen LogP contribution is -2.37. The number of hydrogen-bond donors (Lipinski definition) is 0. The van der Waals surface area contributed by atoms with Gasteiger partial charge in [0.15, 0.2) is 0 Å². The Morgan fingerprint density at radius 3 is 2.72 bits per heavy atom. The topological polar surface area (TPSA) is 28.0 Å². The molecule has 3 aliphatic carbocycles. The summed E-state index contributed by atoms with van der Waals surface area (Å²) in [4.78, 5) is 11.1. The number of hydrogen-bond acceptors (Lipinski definition) is 4. The van der Waals surface area contributed by atoms with Crippen molar-refractivity contribution in [1.29, 1.82) is 0 Å². The number of likely N-dealkylation sites (N-methyl/N-ethyl adjacent to an activating group) is 1. The number of thiophene rings is 1. The molecule has 0 N–H and O–H groups in total. The van der Waals surface area contributed by atoms with E-state index >= 15 is 0 Å². The number of aliphatic imine (C=N–C) groups is 2. The van der Waals surface area contributed by atoms with Crippen LogP contribution in [0, 0.1) is 0 Å². The molecule has 7 rings (SSSR count). The molecule has 2 aromatic rings. The van der Waals surface area contributed by atoms with Gasteiger partial charge in [0.2, 0.25) is 0 Å². The molecule has 0 saturated heterocycles. The minimum absolute atomic E-state index is 0.228. The van der Waals surface area contributed by atoms with Crippen LogP contribution in [0.25, 0.3) is 10.8 Å². The van der Waals surface area contributed by atoms with Gasteiger partial charge in [-0.3, -0.25) is 4.99 Å². The normalized spacial score (nSPS) is 25.6. The lowest BCUT2D eigenvalue weighted by Gasteiger charge is -2.46. The zero-order chi connectivity index (χ0) is 16.5. The van der Waals surface area contributed by atoms with Gasteiger partial charge in [-0.15, -0.1) is 0 Å². The highest BCUT2D eigenvalue weighted by Crippen LogP contribution is 2.57. The average Bonchev–Trinajstić information content (AvgIpc) is 2.93. The quantitative estimate of drug-likeness (QED) is 0.699. The molecule has 25 heavy (non-hydrogen) atoms. The van der Waals surface area contributed by atoms with Crippen molar-refractivity contribution in [1.82, 2.24) is 4.90 Å². The Morgan fingerprint density at radius 2 is 1.88 bits per heavy atom. The number of fused-ring (bicyclic) bond motifs is 1. The van der Waals surface area contributed by atoms with Crippen LogP contribution in [-0.2, 0) is 0 Å². The maximum Gasteiger partial charge on any atom is 0.109 e. The fourth-order valence-corrected chi connectivity index (χ4v) is 5.48. The molecule has 2 unspecified atom stereocenters. The minimum atomic E-state index is 0.228. The van der Waals surface area contributed by atoms with Gasteiger partial charge in [0, 0.05) is 42.7 Å². The second-order valence-corrected chi connectivity index (χ2v) is 7.71. The summed E-state index contributed by atoms with van der Waals surface area (Å²) in [6.07, 6.45) is 8.21. The van der Waals surface area contributed by atoms with Crippen LogP contribution in [0.4, 0.5) is 0 Å². The maximum absolute atomic E-state index is 4.59. The standard InChI is InChI=1S/C21H15N3S/c1-24-11-23-8-18-19-14-2-4-22-5-3-15(14)20(21(18)24)17-7-13-10-25-9-12(13)6-16(17)19/h2-3,5-10,19-20H,11H2,1H3. The summed E-state index contributed by atoms with van der Waals surface area (Å²) in [6, 6.07) is 4.78. The van der Waals surface area contributed by atoms with Crippen LogP contribution in [0.2, 0.25) is 0 Å². The first-order chi connectivity index (χ1) is 12.3. The van der Waals surface area contributed by atoms with Crippen LogP contribution >= 0.6 is 11.3 Å². The number of benzene rings is 1. The van der Waals surface area contributed by atoms with E-state index in [1.807, 2.05) is 6.20 Å². The van der Waals surface area contributed by atoms with Gasteiger partial charge in [-0.25, -0.2) is 4.99 Å². The Kier molecular flexibility index (Phi) is 2.55. The van der Waals surface area contributed by atoms with Gasteiger partial charge in [0.1, 0.15) is 6.67 Å². The van der Waals surface area contributed by atoms with E-state index in [0.29, 0.717) is 0 Å². The van der Waals surface area contributed by atoms with E-state index in [1.165, 1.54) is 44.3 Å². The van der Waals surface area contributed by atoms with Crippen molar-refractivity contribution in [3.8, 4) is 0 Å². The van der Waals surface area contributed by atoms with E-state index in [1.54, 1.807) is 11.3 Å². The molecule has 5 aliphatic rings. The monoisotopic (exact) mass is 341 g/mol. The van der Waals surface area contributed by atoms with Crippen molar-refractivity contribution in [3.05, 3.63) is 74.8 Å². The molecule has 120 valence electrons. The predicted octanol–water partition coefficient (Wildman–Crippen LogP) is 4.37. The van der Waals surface area contributed by atoms with Gasteiger partial charge in [0.05, 0.1) is 5.92 Å². The molecule has 2 atom stereocenters. The Morgan fingerprint density at radius 1 is 1.08 bits per heavy atom. The Balaban J connectivity index is 1.72. The van der Waals surface area contributed by atoms with Crippen LogP contribution in [0.1, 0.15) is 23.0 Å². The first-order valence-corrected chi connectivity index (χ1v) is 9.41. The first-order valence-electron chi connectivity index (χ1n) is 8.47. The molecular formula is C21H15N3S. The molecule has 0 fully saturated rings. The molecule has 3 nitrogen and oxygen atoms in total. The van der Waals surface area contributed by atoms with Gasteiger partial charge < -0.3 is 4.90 Å². The summed E-state index contributed by atoms with van der Waals surface area (Å²) >= 11 is 1.78. The number of allylic oxidation sites excluding steroid dienone is 5. The Bertz CT molecular complexity index is 1140. The summed E-state index contributed by atoms with van der Waals surface area (Å²) in [5.74, 6) is 3.56. The van der Waals surface area contributed by atoms with Crippen molar-refractivity contribution in [2.45, 2.75) is 11.8 Å². The Hall–Kier alpha value is -2.68. The van der Waals surface area contributed by atoms with E-state index < -0.39 is 0 Å². The maximum atomic E-state index is 4.59. The third-order valence-corrected chi connectivity index (χ3v) is 6.47. The average molecular weight is 341 g/mol. The highest BCUT2D eigenvalue weighted by atomic mass is 32.1. The fourth-order valence-electron chi connectivity index (χ4n) is 4.71. The second kappa shape index (κ2) is 4.69. The largest absolute Gasteiger partial charge is 0.358 e. The molecule has 3 heterocycles. The molecule has 0 radical (unpaired) electrons. The third kappa shape index (κ3) is 1.66. The summed E-state index contributed by atoms with van der Waals surface area (Å²) in [7, 11) is 2.16. The molecule has 2 bridgehead atoms. The molecule has 4 heteroatoms. The van der Waals surface area contributed by atoms with E-state index in [2.05, 4.69) is 69.1 Å². The van der Waals surface area contributed by atoms with Crippen LogP contribution in [0.15, 0.2) is 73.6 Å². The van der Waals surface area contributed by atoms with Crippen molar-refractivity contribution < 1.29 is 0 Å². The molecule has 0 spiro atoms. The van der Waals surface area contributed by atoms with Crippen molar-refractivity contribution in [3.63, 3.8) is 0 Å². The third-order valence-electron chi connectivity index (χ3n) is 5.69. The molecule has 2 aliphatic heterocycles. The van der Waals surface area contributed by atoms with Gasteiger partial charge in [-0.2, -0.15) is 11.3 Å². The first kappa shape index (κ1) is 13.6. The SMILES string of the molecule is CN1CN=CC2=C1C1C3=C(C=C=NC=C3)C2c2cc3cscc3cc21. The van der Waals surface area contributed by atoms with Gasteiger partial charge in [-0.1, -0.05) is 0 Å². The molecule has 1 aromatic carbocycles. The summed E-state index contributed by atoms with van der Waals surface area (Å²) in [6.45, 7) is 0.733. The van der Waals surface area contributed by atoms with Crippen LogP contribution in [0.5, 0.6) is 0 Å². The van der Waals surface area contributed by atoms with E-state index in [-0.39, 0.29) is 11.8 Å². The smallest absolute Gasteiger partial charge is 0.109 e. The van der Waals surface area contributed by atoms with Crippen molar-refractivity contribution in [2.24, 2.45) is 9.98 Å². The van der Waals surface area contributed by atoms with Gasteiger partial charge in [0.25, 0.3) is 0 Å². The lowest BCUT2D eigenvalue weighted by molar-refractivity contribution is 0.388. The molecular weight excluding hydrogens is 326 g/mol. The molecule has 0 amide bonds. The summed E-state index contributed by atoms with van der Waals surface area (Å²) in [5.41, 5.74) is 8.29. The summed E-state index contributed by atoms with van der Waals surface area (Å²) < 4.78 is 0. The highest BCUT2D eigenvalue weighted by molar-refractivity contribution is 7.09. The van der Waals surface area contributed by atoms with Crippen LogP contribution in [0.3, 0.4) is 0 Å². The fraction of sp³-hybridized carbons (Fsp3) is 0.190.